The van der Waals surface area contributed by atoms with Gasteiger partial charge in [-0.1, -0.05) is 6.92 Å². The van der Waals surface area contributed by atoms with Gasteiger partial charge in [0, 0.05) is 25.2 Å². The number of morpholine rings is 1. The van der Waals surface area contributed by atoms with Gasteiger partial charge in [-0.25, -0.2) is 9.97 Å². The van der Waals surface area contributed by atoms with Gasteiger partial charge in [0.15, 0.2) is 0 Å². The smallest absolute Gasteiger partial charge is 0.218 e. The molecule has 2 atom stereocenters. The summed E-state index contributed by atoms with van der Waals surface area (Å²) in [4.78, 5) is 10.9. The highest BCUT2D eigenvalue weighted by Gasteiger charge is 2.31. The lowest BCUT2D eigenvalue weighted by atomic mass is 10.2. The maximum Gasteiger partial charge on any atom is 0.218 e. The Bertz CT molecular complexity index is 457. The van der Waals surface area contributed by atoms with Crippen LogP contribution in [0.2, 0.25) is 0 Å². The molecule has 6 heteroatoms. The zero-order valence-corrected chi connectivity index (χ0v) is 12.6. The van der Waals surface area contributed by atoms with E-state index < -0.39 is 0 Å². The number of hydrogen-bond acceptors (Lipinski definition) is 6. The summed E-state index contributed by atoms with van der Waals surface area (Å²) >= 11 is 0. The Morgan fingerprint density at radius 1 is 1.48 bits per heavy atom. The predicted octanol–water partition coefficient (Wildman–Crippen LogP) is 1.54. The van der Waals surface area contributed by atoms with Gasteiger partial charge in [0.05, 0.1) is 19.3 Å². The number of hydrogen-bond donors (Lipinski definition) is 1. The number of rotatable bonds is 6. The fraction of sp³-hybridized carbons (Fsp3) is 0.733. The zero-order valence-electron chi connectivity index (χ0n) is 12.6. The Hall–Kier alpha value is -1.40. The second kappa shape index (κ2) is 7.04. The Kier molecular flexibility index (Phi) is 4.87. The van der Waals surface area contributed by atoms with Crippen LogP contribution in [0.1, 0.15) is 26.2 Å². The largest absolute Gasteiger partial charge is 0.478 e. The second-order valence-electron chi connectivity index (χ2n) is 5.72. The van der Waals surface area contributed by atoms with Gasteiger partial charge in [-0.05, 0) is 25.8 Å². The molecule has 1 N–H and O–H groups in total. The van der Waals surface area contributed by atoms with E-state index in [0.29, 0.717) is 18.5 Å². The van der Waals surface area contributed by atoms with Gasteiger partial charge in [0.1, 0.15) is 12.1 Å². The summed E-state index contributed by atoms with van der Waals surface area (Å²) in [7, 11) is 0. The third kappa shape index (κ3) is 3.83. The van der Waals surface area contributed by atoms with Crippen LogP contribution in [0.4, 0.5) is 5.82 Å². The average molecular weight is 292 g/mol. The first-order chi connectivity index (χ1) is 10.3. The maximum atomic E-state index is 5.93. The molecule has 0 aromatic carbocycles. The first-order valence-electron chi connectivity index (χ1n) is 7.89. The molecule has 2 saturated heterocycles. The lowest BCUT2D eigenvalue weighted by Gasteiger charge is -2.35. The van der Waals surface area contributed by atoms with E-state index in [4.69, 9.17) is 9.47 Å². The molecule has 0 radical (unpaired) electrons. The molecule has 2 fully saturated rings. The average Bonchev–Trinajstić information content (AvgIpc) is 2.99. The topological polar surface area (TPSA) is 59.5 Å². The van der Waals surface area contributed by atoms with Gasteiger partial charge in [-0.2, -0.15) is 0 Å². The van der Waals surface area contributed by atoms with Crippen LogP contribution in [0.25, 0.3) is 0 Å². The molecule has 3 rings (SSSR count). The molecule has 2 aliphatic rings. The molecular formula is C15H24N4O2. The van der Waals surface area contributed by atoms with Crippen molar-refractivity contribution in [3.05, 3.63) is 12.4 Å². The number of ether oxygens (including phenoxy) is 2. The zero-order chi connectivity index (χ0) is 14.5. The van der Waals surface area contributed by atoms with Crippen molar-refractivity contribution in [1.82, 2.24) is 14.9 Å². The Labute approximate surface area is 125 Å². The van der Waals surface area contributed by atoms with Crippen LogP contribution in [0.5, 0.6) is 5.88 Å². The van der Waals surface area contributed by atoms with E-state index >= 15 is 0 Å². The summed E-state index contributed by atoms with van der Waals surface area (Å²) in [5.74, 6) is 1.42. The van der Waals surface area contributed by atoms with Crippen LogP contribution in [0, 0.1) is 0 Å². The van der Waals surface area contributed by atoms with Crippen LogP contribution in [-0.2, 0) is 4.74 Å². The van der Waals surface area contributed by atoms with Crippen LogP contribution >= 0.6 is 0 Å². The maximum absolute atomic E-state index is 5.93. The summed E-state index contributed by atoms with van der Waals surface area (Å²) in [5.41, 5.74) is 0. The Morgan fingerprint density at radius 2 is 2.43 bits per heavy atom. The highest BCUT2D eigenvalue weighted by molar-refractivity contribution is 5.37. The molecule has 21 heavy (non-hydrogen) atoms. The fourth-order valence-electron chi connectivity index (χ4n) is 2.95. The molecule has 2 aliphatic heterocycles. The van der Waals surface area contributed by atoms with Gasteiger partial charge in [0.25, 0.3) is 0 Å². The number of anilines is 1. The molecule has 2 unspecified atom stereocenters. The Morgan fingerprint density at radius 3 is 3.33 bits per heavy atom. The van der Waals surface area contributed by atoms with E-state index in [1.54, 1.807) is 0 Å². The first kappa shape index (κ1) is 14.5. The quantitative estimate of drug-likeness (QED) is 0.858. The molecule has 1 aromatic rings. The van der Waals surface area contributed by atoms with E-state index in [0.717, 1.165) is 31.9 Å². The summed E-state index contributed by atoms with van der Waals surface area (Å²) in [6, 6.07) is 2.49. The number of aromatic nitrogens is 2. The summed E-state index contributed by atoms with van der Waals surface area (Å²) in [6.07, 6.45) is 5.32. The van der Waals surface area contributed by atoms with Crippen molar-refractivity contribution in [3.63, 3.8) is 0 Å². The molecule has 6 nitrogen and oxygen atoms in total. The van der Waals surface area contributed by atoms with Gasteiger partial charge < -0.3 is 14.8 Å². The van der Waals surface area contributed by atoms with Crippen molar-refractivity contribution in [2.24, 2.45) is 0 Å². The molecule has 0 spiro atoms. The van der Waals surface area contributed by atoms with Crippen molar-refractivity contribution in [3.8, 4) is 5.88 Å². The van der Waals surface area contributed by atoms with Gasteiger partial charge >= 0.3 is 0 Å². The summed E-state index contributed by atoms with van der Waals surface area (Å²) in [6.45, 7) is 6.62. The van der Waals surface area contributed by atoms with Crippen LogP contribution < -0.4 is 10.1 Å². The standard InChI is InChI=1S/C15H24N4O2/c1-2-6-20-15-7-14(17-11-18-15)16-8-13-9-19-5-3-4-12(19)10-21-13/h7,11-13H,2-6,8-10H2,1H3,(H,16,17,18). The highest BCUT2D eigenvalue weighted by atomic mass is 16.5. The highest BCUT2D eigenvalue weighted by Crippen LogP contribution is 2.22. The number of nitrogens with one attached hydrogen (secondary N) is 1. The summed E-state index contributed by atoms with van der Waals surface area (Å²) in [5, 5.41) is 3.33. The minimum Gasteiger partial charge on any atom is -0.478 e. The third-order valence-electron chi connectivity index (χ3n) is 4.07. The predicted molar refractivity (Wildman–Crippen MR) is 80.6 cm³/mol. The van der Waals surface area contributed by atoms with Gasteiger partial charge in [-0.15, -0.1) is 0 Å². The lowest BCUT2D eigenvalue weighted by molar-refractivity contribution is -0.0416. The molecule has 0 saturated carbocycles. The summed E-state index contributed by atoms with van der Waals surface area (Å²) < 4.78 is 11.4. The van der Waals surface area contributed by atoms with Crippen LogP contribution in [0.3, 0.4) is 0 Å². The SMILES string of the molecule is CCCOc1cc(NCC2CN3CCCC3CO2)ncn1. The van der Waals surface area contributed by atoms with Gasteiger partial charge in [0.2, 0.25) is 5.88 Å². The van der Waals surface area contributed by atoms with Crippen molar-refractivity contribution in [2.45, 2.75) is 38.3 Å². The van der Waals surface area contributed by atoms with E-state index in [-0.39, 0.29) is 6.10 Å². The minimum absolute atomic E-state index is 0.231. The normalized spacial score (nSPS) is 25.6. The van der Waals surface area contributed by atoms with E-state index in [2.05, 4.69) is 27.1 Å². The van der Waals surface area contributed by atoms with Crippen molar-refractivity contribution >= 4 is 5.82 Å². The molecule has 0 bridgehead atoms. The molecule has 0 amide bonds. The van der Waals surface area contributed by atoms with E-state index in [9.17, 15) is 0 Å². The minimum atomic E-state index is 0.231. The second-order valence-corrected chi connectivity index (χ2v) is 5.72. The van der Waals surface area contributed by atoms with Crippen LogP contribution in [-0.4, -0.2) is 59.9 Å². The van der Waals surface area contributed by atoms with E-state index in [1.807, 2.05) is 6.07 Å². The number of fused-ring (bicyclic) bond motifs is 1. The first-order valence-corrected chi connectivity index (χ1v) is 7.89. The molecular weight excluding hydrogens is 268 g/mol. The molecule has 3 heterocycles. The van der Waals surface area contributed by atoms with E-state index in [1.165, 1.54) is 25.7 Å². The Balaban J connectivity index is 1.48. The van der Waals surface area contributed by atoms with Crippen molar-refractivity contribution in [1.29, 1.82) is 0 Å². The number of nitrogens with zero attached hydrogens (tertiary/aromatic N) is 3. The molecule has 116 valence electrons. The monoisotopic (exact) mass is 292 g/mol. The molecule has 0 aliphatic carbocycles. The molecule has 1 aromatic heterocycles. The fourth-order valence-corrected chi connectivity index (χ4v) is 2.95. The van der Waals surface area contributed by atoms with Gasteiger partial charge in [-0.3, -0.25) is 4.90 Å². The van der Waals surface area contributed by atoms with Crippen molar-refractivity contribution in [2.75, 3.05) is 38.2 Å². The third-order valence-corrected chi connectivity index (χ3v) is 4.07. The van der Waals surface area contributed by atoms with Crippen molar-refractivity contribution < 1.29 is 9.47 Å². The lowest BCUT2D eigenvalue weighted by Crippen LogP contribution is -2.48. The van der Waals surface area contributed by atoms with Crippen LogP contribution in [0.15, 0.2) is 12.4 Å².